The largest absolute Gasteiger partial charge is 0.333 e. The summed E-state index contributed by atoms with van der Waals surface area (Å²) in [6.07, 6.45) is 0. The summed E-state index contributed by atoms with van der Waals surface area (Å²) in [6, 6.07) is 0. The number of hydrogen-bond acceptors (Lipinski definition) is 4. The molecule has 1 aliphatic heterocycles. The molecule has 2 atom stereocenters. The Morgan fingerprint density at radius 1 is 0.579 bits per heavy atom. The van der Waals surface area contributed by atoms with Crippen molar-refractivity contribution in [3.8, 4) is 0 Å². The molecule has 0 aromatic carbocycles. The van der Waals surface area contributed by atoms with Crippen molar-refractivity contribution < 1.29 is 0 Å². The van der Waals surface area contributed by atoms with Crippen molar-refractivity contribution in [2.45, 2.75) is 32.7 Å². The van der Waals surface area contributed by atoms with Crippen molar-refractivity contribution in [3.05, 3.63) is 36.8 Å². The zero-order chi connectivity index (χ0) is 14.9. The standard InChI is InChI=1S/C11H28N4Si4/c1-9-17(6)12-16(4,5)13-18(7,10-2)15-19(8,11-3)14-17/h9-15H,1-3H2,4-8H3. The fourth-order valence-corrected chi connectivity index (χ4v) is 27.5. The van der Waals surface area contributed by atoms with Gasteiger partial charge in [0.1, 0.15) is 0 Å². The summed E-state index contributed by atoms with van der Waals surface area (Å²) in [5.41, 5.74) is 6.23. The summed E-state index contributed by atoms with van der Waals surface area (Å²) in [5.74, 6) is 0. The van der Waals surface area contributed by atoms with E-state index in [9.17, 15) is 0 Å². The van der Waals surface area contributed by atoms with Gasteiger partial charge < -0.3 is 18.6 Å². The first kappa shape index (κ1) is 17.0. The highest BCUT2D eigenvalue weighted by atomic mass is 28.5. The van der Waals surface area contributed by atoms with Crippen LogP contribution in [0.2, 0.25) is 32.7 Å². The fourth-order valence-electron chi connectivity index (χ4n) is 2.81. The number of hydrogen-bond donors (Lipinski definition) is 4. The van der Waals surface area contributed by atoms with Crippen LogP contribution in [0.5, 0.6) is 0 Å². The van der Waals surface area contributed by atoms with Gasteiger partial charge in [0.2, 0.25) is 25.2 Å². The van der Waals surface area contributed by atoms with Gasteiger partial charge in [0.05, 0.1) is 0 Å². The summed E-state index contributed by atoms with van der Waals surface area (Å²) in [6.45, 7) is 23.5. The zero-order valence-corrected chi connectivity index (χ0v) is 16.9. The summed E-state index contributed by atoms with van der Waals surface area (Å²) in [7, 11) is -7.41. The maximum Gasteiger partial charge on any atom is 0.212 e. The molecule has 0 spiro atoms. The van der Waals surface area contributed by atoms with Crippen LogP contribution < -0.4 is 18.6 Å². The van der Waals surface area contributed by atoms with Crippen molar-refractivity contribution in [1.82, 2.24) is 18.6 Å². The molecule has 2 unspecified atom stereocenters. The van der Waals surface area contributed by atoms with Gasteiger partial charge in [0.15, 0.2) is 8.40 Å². The Balaban J connectivity index is 3.23. The SMILES string of the molecule is C=C[Si]1(C)N[Si](C)(C)N[Si](C)(C=C)N[Si](C)(C=C)N1. The highest BCUT2D eigenvalue weighted by molar-refractivity contribution is 7.08. The van der Waals surface area contributed by atoms with E-state index in [0.717, 1.165) is 0 Å². The van der Waals surface area contributed by atoms with E-state index in [1.54, 1.807) is 0 Å². The van der Waals surface area contributed by atoms with Crippen molar-refractivity contribution in [3.63, 3.8) is 0 Å². The minimum absolute atomic E-state index is 1.72. The van der Waals surface area contributed by atoms with Crippen LogP contribution in [0.1, 0.15) is 0 Å². The first-order valence-electron chi connectivity index (χ1n) is 6.59. The second-order valence-electron chi connectivity index (χ2n) is 6.34. The van der Waals surface area contributed by atoms with Gasteiger partial charge in [-0.25, -0.2) is 0 Å². The Morgan fingerprint density at radius 2 is 0.842 bits per heavy atom. The lowest BCUT2D eigenvalue weighted by molar-refractivity contribution is 1.06. The van der Waals surface area contributed by atoms with Crippen molar-refractivity contribution >= 4 is 33.6 Å². The Morgan fingerprint density at radius 3 is 1.11 bits per heavy atom. The van der Waals surface area contributed by atoms with Crippen LogP contribution >= 0.6 is 0 Å². The molecule has 0 aromatic heterocycles. The first-order chi connectivity index (χ1) is 8.51. The molecule has 4 N–H and O–H groups in total. The van der Waals surface area contributed by atoms with Crippen molar-refractivity contribution in [2.24, 2.45) is 0 Å². The molecule has 0 aliphatic carbocycles. The Hall–Kier alpha value is -0.0725. The van der Waals surface area contributed by atoms with E-state index in [-0.39, 0.29) is 0 Å². The predicted octanol–water partition coefficient (Wildman–Crippen LogP) is 1.45. The summed E-state index contributed by atoms with van der Waals surface area (Å²) < 4.78 is 15.5. The molecular weight excluding hydrogens is 300 g/mol. The van der Waals surface area contributed by atoms with Crippen LogP contribution in [0.3, 0.4) is 0 Å². The Bertz CT molecular complexity index is 372. The van der Waals surface area contributed by atoms with Gasteiger partial charge in [-0.05, 0) is 32.7 Å². The molecule has 0 amide bonds. The highest BCUT2D eigenvalue weighted by Crippen LogP contribution is 2.14. The topological polar surface area (TPSA) is 48.1 Å². The van der Waals surface area contributed by atoms with Gasteiger partial charge in [-0.1, -0.05) is 17.1 Å². The molecule has 0 aromatic rings. The molecule has 1 rings (SSSR count). The molecule has 8 heteroatoms. The molecule has 1 saturated heterocycles. The van der Waals surface area contributed by atoms with Crippen molar-refractivity contribution in [1.29, 1.82) is 0 Å². The molecular formula is C11H28N4Si4. The Labute approximate surface area is 122 Å². The average molecular weight is 329 g/mol. The lowest BCUT2D eigenvalue weighted by Crippen LogP contribution is -2.88. The van der Waals surface area contributed by atoms with Gasteiger partial charge in [-0.3, -0.25) is 0 Å². The monoisotopic (exact) mass is 328 g/mol. The first-order valence-corrected chi connectivity index (χ1v) is 17.3. The van der Waals surface area contributed by atoms with Crippen LogP contribution in [0.25, 0.3) is 0 Å². The molecule has 19 heavy (non-hydrogen) atoms. The third-order valence-electron chi connectivity index (χ3n) is 3.41. The van der Waals surface area contributed by atoms with E-state index in [2.05, 4.69) is 88.2 Å². The van der Waals surface area contributed by atoms with E-state index in [1.807, 2.05) is 0 Å². The second-order valence-corrected chi connectivity index (χ2v) is 22.0. The predicted molar refractivity (Wildman–Crippen MR) is 95.5 cm³/mol. The van der Waals surface area contributed by atoms with Gasteiger partial charge in [-0.15, -0.1) is 19.7 Å². The van der Waals surface area contributed by atoms with Gasteiger partial charge >= 0.3 is 0 Å². The number of nitrogens with one attached hydrogen (secondary N) is 4. The molecule has 108 valence electrons. The van der Waals surface area contributed by atoms with Crippen LogP contribution in [-0.2, 0) is 0 Å². The molecule has 4 nitrogen and oxygen atoms in total. The van der Waals surface area contributed by atoms with Crippen LogP contribution in [-0.4, -0.2) is 33.6 Å². The third kappa shape index (κ3) is 4.19. The van der Waals surface area contributed by atoms with E-state index >= 15 is 0 Å². The maximum absolute atomic E-state index is 4.03. The minimum Gasteiger partial charge on any atom is -0.333 e. The lowest BCUT2D eigenvalue weighted by atomic mass is 11.3. The Kier molecular flexibility index (Phi) is 4.80. The fraction of sp³-hybridized carbons (Fsp3) is 0.455. The summed E-state index contributed by atoms with van der Waals surface area (Å²) >= 11 is 0. The van der Waals surface area contributed by atoms with Gasteiger partial charge in [-0.2, -0.15) is 0 Å². The third-order valence-corrected chi connectivity index (χ3v) is 23.3. The van der Waals surface area contributed by atoms with Gasteiger partial charge in [0.25, 0.3) is 0 Å². The highest BCUT2D eigenvalue weighted by Gasteiger charge is 2.47. The zero-order valence-electron chi connectivity index (χ0n) is 12.9. The number of rotatable bonds is 3. The smallest absolute Gasteiger partial charge is 0.212 e. The molecule has 1 aliphatic rings. The van der Waals surface area contributed by atoms with Crippen LogP contribution in [0, 0.1) is 0 Å². The van der Waals surface area contributed by atoms with Crippen LogP contribution in [0.15, 0.2) is 36.8 Å². The lowest BCUT2D eigenvalue weighted by Gasteiger charge is -2.49. The molecule has 0 bridgehead atoms. The van der Waals surface area contributed by atoms with E-state index < -0.39 is 33.6 Å². The quantitative estimate of drug-likeness (QED) is 0.592. The molecule has 0 saturated carbocycles. The summed E-state index contributed by atoms with van der Waals surface area (Å²) in [4.78, 5) is 0. The summed E-state index contributed by atoms with van der Waals surface area (Å²) in [5, 5.41) is 0. The minimum atomic E-state index is -1.93. The van der Waals surface area contributed by atoms with E-state index in [4.69, 9.17) is 0 Å². The molecule has 0 radical (unpaired) electrons. The van der Waals surface area contributed by atoms with E-state index in [1.165, 1.54) is 0 Å². The van der Waals surface area contributed by atoms with Gasteiger partial charge in [0, 0.05) is 0 Å². The normalized spacial score (nSPS) is 42.8. The van der Waals surface area contributed by atoms with Crippen LogP contribution in [0.4, 0.5) is 0 Å². The molecule has 1 fully saturated rings. The second kappa shape index (κ2) is 5.37. The maximum atomic E-state index is 4.03. The molecule has 1 heterocycles. The average Bonchev–Trinajstić information content (AvgIpc) is 2.25. The van der Waals surface area contributed by atoms with Crippen molar-refractivity contribution in [2.75, 3.05) is 0 Å². The van der Waals surface area contributed by atoms with E-state index in [0.29, 0.717) is 0 Å².